The Kier molecular flexibility index (Phi) is 5.27. The van der Waals surface area contributed by atoms with Crippen LogP contribution >= 0.6 is 0 Å². The van der Waals surface area contributed by atoms with Crippen LogP contribution in [-0.2, 0) is 9.53 Å². The topological polar surface area (TPSA) is 75.6 Å². The fourth-order valence-electron chi connectivity index (χ4n) is 2.12. The first kappa shape index (κ1) is 16.2. The number of aliphatic carboxylic acids is 1. The lowest BCUT2D eigenvalue weighted by molar-refractivity contribution is -0.139. The lowest BCUT2D eigenvalue weighted by Crippen LogP contribution is -2.50. The molecule has 0 heterocycles. The molecule has 0 radical (unpaired) electrons. The molecule has 1 aromatic carbocycles. The zero-order valence-corrected chi connectivity index (χ0v) is 12.3. The Morgan fingerprint density at radius 1 is 1.35 bits per heavy atom. The van der Waals surface area contributed by atoms with E-state index in [2.05, 4.69) is 5.32 Å². The summed E-state index contributed by atoms with van der Waals surface area (Å²) in [6, 6.07) is 5.46. The van der Waals surface area contributed by atoms with Crippen molar-refractivity contribution < 1.29 is 19.4 Å². The minimum atomic E-state index is -0.981. The van der Waals surface area contributed by atoms with Gasteiger partial charge in [-0.3, -0.25) is 9.59 Å². The quantitative estimate of drug-likeness (QED) is 0.834. The monoisotopic (exact) mass is 279 g/mol. The first-order valence-corrected chi connectivity index (χ1v) is 6.38. The van der Waals surface area contributed by atoms with Crippen molar-refractivity contribution in [1.82, 2.24) is 5.32 Å². The van der Waals surface area contributed by atoms with Crippen LogP contribution in [0.25, 0.3) is 0 Å². The lowest BCUT2D eigenvalue weighted by Gasteiger charge is -2.28. The summed E-state index contributed by atoms with van der Waals surface area (Å²) in [5.74, 6) is -1.27. The van der Waals surface area contributed by atoms with E-state index < -0.39 is 11.5 Å². The molecular formula is C15H21NO4. The van der Waals surface area contributed by atoms with Gasteiger partial charge < -0.3 is 15.2 Å². The Balaban J connectivity index is 2.96. The zero-order chi connectivity index (χ0) is 15.3. The number of aryl methyl sites for hydroxylation is 1. The standard InChI is InChI=1S/C15H21NO4/c1-10-6-5-7-12(11(10)2)14(19)16-15(3,9-20-4)8-13(17)18/h5-7H,8-9H2,1-4H3,(H,16,19)(H,17,18). The Morgan fingerprint density at radius 3 is 2.55 bits per heavy atom. The van der Waals surface area contributed by atoms with Gasteiger partial charge in [-0.25, -0.2) is 0 Å². The molecular weight excluding hydrogens is 258 g/mol. The van der Waals surface area contributed by atoms with Crippen LogP contribution in [0.15, 0.2) is 18.2 Å². The number of hydrogen-bond donors (Lipinski definition) is 2. The maximum absolute atomic E-state index is 12.3. The summed E-state index contributed by atoms with van der Waals surface area (Å²) in [6.45, 7) is 5.59. The molecule has 5 nitrogen and oxygen atoms in total. The van der Waals surface area contributed by atoms with Crippen LogP contribution in [-0.4, -0.2) is 36.2 Å². The fourth-order valence-corrected chi connectivity index (χ4v) is 2.12. The van der Waals surface area contributed by atoms with Gasteiger partial charge >= 0.3 is 5.97 Å². The van der Waals surface area contributed by atoms with Crippen LogP contribution in [0.4, 0.5) is 0 Å². The molecule has 1 amide bonds. The molecule has 20 heavy (non-hydrogen) atoms. The molecule has 5 heteroatoms. The highest BCUT2D eigenvalue weighted by Crippen LogP contribution is 2.16. The number of hydrogen-bond acceptors (Lipinski definition) is 3. The van der Waals surface area contributed by atoms with Gasteiger partial charge in [-0.15, -0.1) is 0 Å². The van der Waals surface area contributed by atoms with Crippen molar-refractivity contribution in [1.29, 1.82) is 0 Å². The van der Waals surface area contributed by atoms with Gasteiger partial charge in [0.2, 0.25) is 0 Å². The highest BCUT2D eigenvalue weighted by molar-refractivity contribution is 5.96. The Hall–Kier alpha value is -1.88. The number of amides is 1. The van der Waals surface area contributed by atoms with E-state index in [1.807, 2.05) is 26.0 Å². The number of carboxylic acids is 1. The van der Waals surface area contributed by atoms with Gasteiger partial charge in [0.1, 0.15) is 0 Å². The van der Waals surface area contributed by atoms with E-state index in [9.17, 15) is 9.59 Å². The third kappa shape index (κ3) is 4.06. The molecule has 0 aliphatic heterocycles. The summed E-state index contributed by atoms with van der Waals surface area (Å²) in [6.07, 6.45) is -0.197. The highest BCUT2D eigenvalue weighted by atomic mass is 16.5. The molecule has 0 saturated heterocycles. The number of carbonyl (C=O) groups is 2. The molecule has 0 saturated carbocycles. The molecule has 0 aliphatic carbocycles. The molecule has 1 atom stereocenters. The molecule has 1 rings (SSSR count). The smallest absolute Gasteiger partial charge is 0.305 e. The average Bonchev–Trinajstić information content (AvgIpc) is 2.31. The largest absolute Gasteiger partial charge is 0.481 e. The molecule has 0 bridgehead atoms. The van der Waals surface area contributed by atoms with Gasteiger partial charge in [0, 0.05) is 12.7 Å². The first-order chi connectivity index (χ1) is 9.29. The molecule has 0 aliphatic rings. The number of carboxylic acid groups (broad SMARTS) is 1. The predicted octanol–water partition coefficient (Wildman–Crippen LogP) is 1.91. The fraction of sp³-hybridized carbons (Fsp3) is 0.467. The lowest BCUT2D eigenvalue weighted by atomic mass is 9.96. The SMILES string of the molecule is COCC(C)(CC(=O)O)NC(=O)c1cccc(C)c1C. The maximum Gasteiger partial charge on any atom is 0.305 e. The molecule has 0 spiro atoms. The minimum absolute atomic E-state index is 0.135. The van der Waals surface area contributed by atoms with E-state index in [0.717, 1.165) is 11.1 Å². The Morgan fingerprint density at radius 2 is 2.00 bits per heavy atom. The molecule has 1 aromatic rings. The van der Waals surface area contributed by atoms with Crippen LogP contribution in [0, 0.1) is 13.8 Å². The van der Waals surface area contributed by atoms with Crippen LogP contribution < -0.4 is 5.32 Å². The minimum Gasteiger partial charge on any atom is -0.481 e. The van der Waals surface area contributed by atoms with Crippen molar-refractivity contribution in [2.45, 2.75) is 32.7 Å². The van der Waals surface area contributed by atoms with Gasteiger partial charge in [-0.1, -0.05) is 12.1 Å². The number of benzene rings is 1. The number of carbonyl (C=O) groups excluding carboxylic acids is 1. The normalized spacial score (nSPS) is 13.6. The summed E-state index contributed by atoms with van der Waals surface area (Å²) >= 11 is 0. The third-order valence-corrected chi connectivity index (χ3v) is 3.27. The van der Waals surface area contributed by atoms with E-state index in [1.54, 1.807) is 13.0 Å². The maximum atomic E-state index is 12.3. The molecule has 0 fully saturated rings. The second-order valence-corrected chi connectivity index (χ2v) is 5.27. The van der Waals surface area contributed by atoms with Crippen LogP contribution in [0.2, 0.25) is 0 Å². The summed E-state index contributed by atoms with van der Waals surface area (Å²) in [5.41, 5.74) is 1.52. The summed E-state index contributed by atoms with van der Waals surface area (Å²) < 4.78 is 5.02. The molecule has 0 aromatic heterocycles. The second-order valence-electron chi connectivity index (χ2n) is 5.27. The number of methoxy groups -OCH3 is 1. The van der Waals surface area contributed by atoms with Gasteiger partial charge in [0.25, 0.3) is 5.91 Å². The van der Waals surface area contributed by atoms with Crippen molar-refractivity contribution in [3.63, 3.8) is 0 Å². The average molecular weight is 279 g/mol. The van der Waals surface area contributed by atoms with Crippen molar-refractivity contribution >= 4 is 11.9 Å². The molecule has 1 unspecified atom stereocenters. The van der Waals surface area contributed by atoms with Crippen molar-refractivity contribution in [2.75, 3.05) is 13.7 Å². The van der Waals surface area contributed by atoms with Crippen LogP contribution in [0.5, 0.6) is 0 Å². The van der Waals surface area contributed by atoms with E-state index >= 15 is 0 Å². The first-order valence-electron chi connectivity index (χ1n) is 6.38. The third-order valence-electron chi connectivity index (χ3n) is 3.27. The van der Waals surface area contributed by atoms with Gasteiger partial charge in [0.05, 0.1) is 18.6 Å². The summed E-state index contributed by atoms with van der Waals surface area (Å²) in [7, 11) is 1.48. The summed E-state index contributed by atoms with van der Waals surface area (Å²) in [5, 5.41) is 11.7. The van der Waals surface area contributed by atoms with Gasteiger partial charge in [-0.05, 0) is 38.0 Å². The molecule has 2 N–H and O–H groups in total. The highest BCUT2D eigenvalue weighted by Gasteiger charge is 2.30. The Labute approximate surface area is 118 Å². The van der Waals surface area contributed by atoms with Crippen LogP contribution in [0.1, 0.15) is 34.8 Å². The molecule has 110 valence electrons. The number of rotatable bonds is 6. The zero-order valence-electron chi connectivity index (χ0n) is 12.3. The van der Waals surface area contributed by atoms with Crippen molar-refractivity contribution in [2.24, 2.45) is 0 Å². The number of ether oxygens (including phenoxy) is 1. The number of nitrogens with one attached hydrogen (secondary N) is 1. The van der Waals surface area contributed by atoms with Gasteiger partial charge in [0.15, 0.2) is 0 Å². The van der Waals surface area contributed by atoms with Gasteiger partial charge in [-0.2, -0.15) is 0 Å². The second kappa shape index (κ2) is 6.52. The van der Waals surface area contributed by atoms with E-state index in [4.69, 9.17) is 9.84 Å². The van der Waals surface area contributed by atoms with Crippen molar-refractivity contribution in [3.05, 3.63) is 34.9 Å². The summed E-state index contributed by atoms with van der Waals surface area (Å²) in [4.78, 5) is 23.3. The van der Waals surface area contributed by atoms with Crippen LogP contribution in [0.3, 0.4) is 0 Å². The van der Waals surface area contributed by atoms with E-state index in [0.29, 0.717) is 5.56 Å². The van der Waals surface area contributed by atoms with Crippen molar-refractivity contribution in [3.8, 4) is 0 Å². The van der Waals surface area contributed by atoms with E-state index in [1.165, 1.54) is 7.11 Å². The predicted molar refractivity (Wildman–Crippen MR) is 75.9 cm³/mol. The van der Waals surface area contributed by atoms with E-state index in [-0.39, 0.29) is 18.9 Å². The Bertz CT molecular complexity index is 513.